The van der Waals surface area contributed by atoms with E-state index in [-0.39, 0.29) is 11.4 Å². The zero-order valence-electron chi connectivity index (χ0n) is 12.2. The van der Waals surface area contributed by atoms with E-state index < -0.39 is 0 Å². The standard InChI is InChI=1S/C18H20O2/c1-18(2,3)16-11-9-15(10-12-16)17(19)20-13-14-7-5-4-6-8-14/h4-12H,13H2,1-3H3. The summed E-state index contributed by atoms with van der Waals surface area (Å²) >= 11 is 0. The smallest absolute Gasteiger partial charge is 0.338 e. The van der Waals surface area contributed by atoms with Gasteiger partial charge in [0.05, 0.1) is 5.56 Å². The van der Waals surface area contributed by atoms with Gasteiger partial charge in [0.15, 0.2) is 0 Å². The van der Waals surface area contributed by atoms with Gasteiger partial charge in [-0.1, -0.05) is 63.2 Å². The molecule has 0 atom stereocenters. The summed E-state index contributed by atoms with van der Waals surface area (Å²) in [6, 6.07) is 17.3. The fourth-order valence-electron chi connectivity index (χ4n) is 1.91. The number of hydrogen-bond acceptors (Lipinski definition) is 2. The molecule has 0 spiro atoms. The Hall–Kier alpha value is -2.09. The molecule has 2 aromatic carbocycles. The Morgan fingerprint density at radius 2 is 1.55 bits per heavy atom. The van der Waals surface area contributed by atoms with Gasteiger partial charge in [0.2, 0.25) is 0 Å². The molecular formula is C18H20O2. The van der Waals surface area contributed by atoms with Crippen LogP contribution >= 0.6 is 0 Å². The van der Waals surface area contributed by atoms with Gasteiger partial charge in [0.1, 0.15) is 6.61 Å². The summed E-state index contributed by atoms with van der Waals surface area (Å²) < 4.78 is 5.30. The van der Waals surface area contributed by atoms with Crippen LogP contribution in [-0.2, 0) is 16.8 Å². The highest BCUT2D eigenvalue weighted by molar-refractivity contribution is 5.89. The Kier molecular flexibility index (Phi) is 4.23. The average Bonchev–Trinajstić information content (AvgIpc) is 2.45. The van der Waals surface area contributed by atoms with Crippen LogP contribution in [0.2, 0.25) is 0 Å². The molecule has 2 aromatic rings. The molecule has 2 nitrogen and oxygen atoms in total. The van der Waals surface area contributed by atoms with Gasteiger partial charge in [0, 0.05) is 0 Å². The third-order valence-electron chi connectivity index (χ3n) is 3.20. The lowest BCUT2D eigenvalue weighted by molar-refractivity contribution is 0.0472. The normalized spacial score (nSPS) is 11.2. The van der Waals surface area contributed by atoms with Gasteiger partial charge in [-0.2, -0.15) is 0 Å². The second kappa shape index (κ2) is 5.91. The molecular weight excluding hydrogens is 248 g/mol. The second-order valence-electron chi connectivity index (χ2n) is 5.89. The molecule has 0 unspecified atom stereocenters. The van der Waals surface area contributed by atoms with Crippen molar-refractivity contribution >= 4 is 5.97 Å². The minimum atomic E-state index is -0.283. The Bertz CT molecular complexity index is 563. The fourth-order valence-corrected chi connectivity index (χ4v) is 1.91. The Labute approximate surface area is 120 Å². The van der Waals surface area contributed by atoms with E-state index >= 15 is 0 Å². The number of rotatable bonds is 3. The topological polar surface area (TPSA) is 26.3 Å². The maximum absolute atomic E-state index is 12.0. The van der Waals surface area contributed by atoms with Crippen LogP contribution < -0.4 is 0 Å². The number of hydrogen-bond donors (Lipinski definition) is 0. The zero-order chi connectivity index (χ0) is 14.6. The average molecular weight is 268 g/mol. The van der Waals surface area contributed by atoms with Crippen molar-refractivity contribution in [3.05, 3.63) is 71.3 Å². The number of benzene rings is 2. The van der Waals surface area contributed by atoms with Crippen LogP contribution in [0.1, 0.15) is 42.3 Å². The Balaban J connectivity index is 1.99. The van der Waals surface area contributed by atoms with Crippen LogP contribution in [0.25, 0.3) is 0 Å². The maximum atomic E-state index is 12.0. The molecule has 0 aromatic heterocycles. The summed E-state index contributed by atoms with van der Waals surface area (Å²) in [5.74, 6) is -0.283. The predicted octanol–water partition coefficient (Wildman–Crippen LogP) is 4.34. The highest BCUT2D eigenvalue weighted by atomic mass is 16.5. The summed E-state index contributed by atoms with van der Waals surface area (Å²) in [4.78, 5) is 12.0. The number of ether oxygens (including phenoxy) is 1. The van der Waals surface area contributed by atoms with Crippen molar-refractivity contribution in [2.24, 2.45) is 0 Å². The third-order valence-corrected chi connectivity index (χ3v) is 3.20. The summed E-state index contributed by atoms with van der Waals surface area (Å²) in [7, 11) is 0. The van der Waals surface area contributed by atoms with Crippen molar-refractivity contribution in [3.8, 4) is 0 Å². The summed E-state index contributed by atoms with van der Waals surface area (Å²) in [5, 5.41) is 0. The predicted molar refractivity (Wildman–Crippen MR) is 80.7 cm³/mol. The van der Waals surface area contributed by atoms with Crippen LogP contribution in [0, 0.1) is 0 Å². The fraction of sp³-hybridized carbons (Fsp3) is 0.278. The number of carbonyl (C=O) groups excluding carboxylic acids is 1. The van der Waals surface area contributed by atoms with E-state index in [0.29, 0.717) is 12.2 Å². The third kappa shape index (κ3) is 3.70. The molecule has 0 saturated heterocycles. The number of esters is 1. The first-order chi connectivity index (χ1) is 9.47. The molecule has 104 valence electrons. The molecule has 0 saturated carbocycles. The van der Waals surface area contributed by atoms with E-state index in [9.17, 15) is 4.79 Å². The van der Waals surface area contributed by atoms with E-state index in [1.54, 1.807) is 0 Å². The van der Waals surface area contributed by atoms with Crippen molar-refractivity contribution in [1.82, 2.24) is 0 Å². The Morgan fingerprint density at radius 3 is 2.10 bits per heavy atom. The lowest BCUT2D eigenvalue weighted by Crippen LogP contribution is -2.12. The molecule has 2 rings (SSSR count). The van der Waals surface area contributed by atoms with Gasteiger partial charge in [-0.25, -0.2) is 4.79 Å². The molecule has 0 aliphatic carbocycles. The quantitative estimate of drug-likeness (QED) is 0.774. The van der Waals surface area contributed by atoms with Gasteiger partial charge < -0.3 is 4.74 Å². The van der Waals surface area contributed by atoms with E-state index in [2.05, 4.69) is 20.8 Å². The second-order valence-corrected chi connectivity index (χ2v) is 5.89. The van der Waals surface area contributed by atoms with Crippen molar-refractivity contribution in [1.29, 1.82) is 0 Å². The molecule has 0 amide bonds. The first-order valence-corrected chi connectivity index (χ1v) is 6.78. The van der Waals surface area contributed by atoms with Crippen molar-refractivity contribution in [2.75, 3.05) is 0 Å². The van der Waals surface area contributed by atoms with Crippen LogP contribution in [0.3, 0.4) is 0 Å². The van der Waals surface area contributed by atoms with Crippen LogP contribution in [0.4, 0.5) is 0 Å². The minimum absolute atomic E-state index is 0.0898. The first-order valence-electron chi connectivity index (χ1n) is 6.78. The molecule has 0 aliphatic heterocycles. The van der Waals surface area contributed by atoms with Gasteiger partial charge in [-0.3, -0.25) is 0 Å². The van der Waals surface area contributed by atoms with E-state index in [0.717, 1.165) is 5.56 Å². The largest absolute Gasteiger partial charge is 0.457 e. The lowest BCUT2D eigenvalue weighted by Gasteiger charge is -2.18. The summed E-state index contributed by atoms with van der Waals surface area (Å²) in [6.45, 7) is 6.75. The van der Waals surface area contributed by atoms with Gasteiger partial charge in [0.25, 0.3) is 0 Å². The van der Waals surface area contributed by atoms with Crippen molar-refractivity contribution < 1.29 is 9.53 Å². The van der Waals surface area contributed by atoms with Crippen LogP contribution in [0.15, 0.2) is 54.6 Å². The Morgan fingerprint density at radius 1 is 0.950 bits per heavy atom. The van der Waals surface area contributed by atoms with E-state index in [4.69, 9.17) is 4.74 Å². The van der Waals surface area contributed by atoms with Gasteiger partial charge in [-0.15, -0.1) is 0 Å². The first kappa shape index (κ1) is 14.3. The van der Waals surface area contributed by atoms with Crippen LogP contribution in [0.5, 0.6) is 0 Å². The van der Waals surface area contributed by atoms with E-state index in [1.165, 1.54) is 5.56 Å². The molecule has 0 radical (unpaired) electrons. The minimum Gasteiger partial charge on any atom is -0.457 e. The highest BCUT2D eigenvalue weighted by Gasteiger charge is 2.14. The molecule has 0 aliphatic rings. The molecule has 2 heteroatoms. The monoisotopic (exact) mass is 268 g/mol. The molecule has 20 heavy (non-hydrogen) atoms. The number of carbonyl (C=O) groups is 1. The highest BCUT2D eigenvalue weighted by Crippen LogP contribution is 2.22. The molecule has 0 N–H and O–H groups in total. The van der Waals surface area contributed by atoms with E-state index in [1.807, 2.05) is 54.6 Å². The van der Waals surface area contributed by atoms with Crippen molar-refractivity contribution in [3.63, 3.8) is 0 Å². The lowest BCUT2D eigenvalue weighted by atomic mass is 9.87. The van der Waals surface area contributed by atoms with Crippen LogP contribution in [-0.4, -0.2) is 5.97 Å². The molecule has 0 bridgehead atoms. The maximum Gasteiger partial charge on any atom is 0.338 e. The zero-order valence-corrected chi connectivity index (χ0v) is 12.2. The van der Waals surface area contributed by atoms with Gasteiger partial charge in [-0.05, 0) is 28.7 Å². The summed E-state index contributed by atoms with van der Waals surface area (Å²) in [6.07, 6.45) is 0. The summed E-state index contributed by atoms with van der Waals surface area (Å²) in [5.41, 5.74) is 2.88. The SMILES string of the molecule is CC(C)(C)c1ccc(C(=O)OCc2ccccc2)cc1. The van der Waals surface area contributed by atoms with Crippen molar-refractivity contribution in [2.45, 2.75) is 32.8 Å². The van der Waals surface area contributed by atoms with Gasteiger partial charge >= 0.3 is 5.97 Å². The molecule has 0 fully saturated rings. The molecule has 0 heterocycles.